The standard InChI is InChI=1S/C29H26N4O4S/c34-27(31-12-15-36-16-13-31)20-32-18-21(24-10-4-5-11-25(24)32)17-26-28(35)33(19-23-9-6-14-37-23)29(38-26)30-22-7-2-1-3-8-22/h1-11,14,17-18H,12-13,15-16,19-20H2/b26-17+,30-29?. The van der Waals surface area contributed by atoms with E-state index in [0.29, 0.717) is 42.1 Å². The number of hydrogen-bond acceptors (Lipinski definition) is 6. The van der Waals surface area contributed by atoms with Crippen molar-refractivity contribution in [1.82, 2.24) is 14.4 Å². The summed E-state index contributed by atoms with van der Waals surface area (Å²) in [6.07, 6.45) is 5.45. The Morgan fingerprint density at radius 2 is 1.79 bits per heavy atom. The number of furan rings is 1. The van der Waals surface area contributed by atoms with E-state index in [-0.39, 0.29) is 24.9 Å². The highest BCUT2D eigenvalue weighted by atomic mass is 32.2. The van der Waals surface area contributed by atoms with Crippen LogP contribution in [0, 0.1) is 0 Å². The van der Waals surface area contributed by atoms with Gasteiger partial charge in [-0.15, -0.1) is 0 Å². The summed E-state index contributed by atoms with van der Waals surface area (Å²) >= 11 is 1.34. The lowest BCUT2D eigenvalue weighted by Crippen LogP contribution is -2.42. The third-order valence-electron chi connectivity index (χ3n) is 6.54. The highest BCUT2D eigenvalue weighted by Crippen LogP contribution is 2.36. The lowest BCUT2D eigenvalue weighted by molar-refractivity contribution is -0.135. The second kappa shape index (κ2) is 10.7. The van der Waals surface area contributed by atoms with E-state index >= 15 is 0 Å². The van der Waals surface area contributed by atoms with Gasteiger partial charge in [-0.25, -0.2) is 4.99 Å². The molecule has 9 heteroatoms. The number of aliphatic imine (C=N–C) groups is 1. The molecule has 0 unspecified atom stereocenters. The second-order valence-corrected chi connectivity index (χ2v) is 10.0. The van der Waals surface area contributed by atoms with E-state index in [1.54, 1.807) is 17.2 Å². The third-order valence-corrected chi connectivity index (χ3v) is 7.55. The maximum absolute atomic E-state index is 13.6. The van der Waals surface area contributed by atoms with E-state index in [4.69, 9.17) is 14.1 Å². The second-order valence-electron chi connectivity index (χ2n) is 9.03. The van der Waals surface area contributed by atoms with Gasteiger partial charge < -0.3 is 18.6 Å². The van der Waals surface area contributed by atoms with Gasteiger partial charge >= 0.3 is 0 Å². The average molecular weight is 527 g/mol. The predicted molar refractivity (Wildman–Crippen MR) is 148 cm³/mol. The summed E-state index contributed by atoms with van der Waals surface area (Å²) in [5.74, 6) is 0.600. The number of thioether (sulfide) groups is 1. The molecule has 38 heavy (non-hydrogen) atoms. The van der Waals surface area contributed by atoms with Gasteiger partial charge in [-0.3, -0.25) is 14.5 Å². The number of carbonyl (C=O) groups excluding carboxylic acids is 2. The Bertz CT molecular complexity index is 1520. The number of aromatic nitrogens is 1. The van der Waals surface area contributed by atoms with Gasteiger partial charge in [0.2, 0.25) is 5.91 Å². The Labute approximate surface area is 224 Å². The minimum absolute atomic E-state index is 0.0569. The molecule has 0 atom stereocenters. The normalized spacial score (nSPS) is 18.3. The first-order chi connectivity index (χ1) is 18.7. The maximum atomic E-state index is 13.6. The zero-order chi connectivity index (χ0) is 25.9. The van der Waals surface area contributed by atoms with Gasteiger partial charge in [0, 0.05) is 35.8 Å². The van der Waals surface area contributed by atoms with Gasteiger partial charge in [0.1, 0.15) is 12.3 Å². The first-order valence-electron chi connectivity index (χ1n) is 12.5. The topological polar surface area (TPSA) is 80.3 Å². The highest BCUT2D eigenvalue weighted by molar-refractivity contribution is 8.18. The van der Waals surface area contributed by atoms with Crippen LogP contribution >= 0.6 is 11.8 Å². The summed E-state index contributed by atoms with van der Waals surface area (Å²) in [6.45, 7) is 2.87. The van der Waals surface area contributed by atoms with Crippen molar-refractivity contribution < 1.29 is 18.7 Å². The summed E-state index contributed by atoms with van der Waals surface area (Å²) in [4.78, 5) is 35.4. The molecule has 2 aromatic heterocycles. The van der Waals surface area contributed by atoms with Gasteiger partial charge in [-0.1, -0.05) is 36.4 Å². The van der Waals surface area contributed by atoms with E-state index in [1.807, 2.05) is 82.4 Å². The molecule has 0 saturated carbocycles. The number of morpholine rings is 1. The van der Waals surface area contributed by atoms with Crippen LogP contribution in [-0.2, 0) is 27.4 Å². The van der Waals surface area contributed by atoms with E-state index < -0.39 is 0 Å². The number of amides is 2. The molecule has 0 N–H and O–H groups in total. The fourth-order valence-electron chi connectivity index (χ4n) is 4.62. The predicted octanol–water partition coefficient (Wildman–Crippen LogP) is 4.90. The fourth-order valence-corrected chi connectivity index (χ4v) is 5.61. The molecule has 0 radical (unpaired) electrons. The molecule has 4 aromatic rings. The minimum atomic E-state index is -0.137. The van der Waals surface area contributed by atoms with Crippen molar-refractivity contribution in [2.24, 2.45) is 4.99 Å². The molecule has 2 amide bonds. The number of hydrogen-bond donors (Lipinski definition) is 0. The van der Waals surface area contributed by atoms with Gasteiger partial charge in [0.25, 0.3) is 5.91 Å². The fraction of sp³-hybridized carbons (Fsp3) is 0.207. The average Bonchev–Trinajstić information content (AvgIpc) is 3.66. The zero-order valence-corrected chi connectivity index (χ0v) is 21.5. The summed E-state index contributed by atoms with van der Waals surface area (Å²) in [7, 11) is 0. The van der Waals surface area contributed by atoms with Crippen LogP contribution in [0.1, 0.15) is 11.3 Å². The van der Waals surface area contributed by atoms with Crippen LogP contribution in [0.4, 0.5) is 5.69 Å². The monoisotopic (exact) mass is 526 g/mol. The Kier molecular flexibility index (Phi) is 6.85. The van der Waals surface area contributed by atoms with Crippen LogP contribution in [0.15, 0.2) is 93.5 Å². The van der Waals surface area contributed by atoms with Crippen LogP contribution in [0.25, 0.3) is 17.0 Å². The molecule has 6 rings (SSSR count). The van der Waals surface area contributed by atoms with E-state index in [1.165, 1.54) is 11.8 Å². The van der Waals surface area contributed by atoms with E-state index in [0.717, 1.165) is 22.2 Å². The van der Waals surface area contributed by atoms with Crippen LogP contribution in [0.2, 0.25) is 0 Å². The largest absolute Gasteiger partial charge is 0.467 e. The molecular formula is C29H26N4O4S. The Morgan fingerprint density at radius 3 is 2.58 bits per heavy atom. The number of amidine groups is 1. The lowest BCUT2D eigenvalue weighted by Gasteiger charge is -2.27. The van der Waals surface area contributed by atoms with E-state index in [9.17, 15) is 9.59 Å². The van der Waals surface area contributed by atoms with Gasteiger partial charge in [0.15, 0.2) is 5.17 Å². The molecule has 2 saturated heterocycles. The number of fused-ring (bicyclic) bond motifs is 1. The molecule has 4 heterocycles. The first-order valence-corrected chi connectivity index (χ1v) is 13.3. The van der Waals surface area contributed by atoms with Crippen molar-refractivity contribution in [3.63, 3.8) is 0 Å². The smallest absolute Gasteiger partial charge is 0.267 e. The molecule has 8 nitrogen and oxygen atoms in total. The summed E-state index contributed by atoms with van der Waals surface area (Å²) in [5.41, 5.74) is 2.60. The molecule has 0 aliphatic carbocycles. The molecule has 2 aromatic carbocycles. The van der Waals surface area contributed by atoms with Crippen LogP contribution in [0.3, 0.4) is 0 Å². The quantitative estimate of drug-likeness (QED) is 0.334. The third kappa shape index (κ3) is 5.03. The van der Waals surface area contributed by atoms with Crippen molar-refractivity contribution in [1.29, 1.82) is 0 Å². The number of para-hydroxylation sites is 2. The number of nitrogens with zero attached hydrogens (tertiary/aromatic N) is 4. The zero-order valence-electron chi connectivity index (χ0n) is 20.7. The van der Waals surface area contributed by atoms with Crippen molar-refractivity contribution in [2.75, 3.05) is 26.3 Å². The molecular weight excluding hydrogens is 500 g/mol. The highest BCUT2D eigenvalue weighted by Gasteiger charge is 2.34. The Balaban J connectivity index is 1.33. The molecule has 2 fully saturated rings. The van der Waals surface area contributed by atoms with Gasteiger partial charge in [-0.2, -0.15) is 0 Å². The summed E-state index contributed by atoms with van der Waals surface area (Å²) in [5, 5.41) is 1.57. The minimum Gasteiger partial charge on any atom is -0.467 e. The SMILES string of the molecule is O=C(Cn1cc(/C=C2/SC(=Nc3ccccc3)N(Cc3ccco3)C2=O)c2ccccc21)N1CCOCC1. The van der Waals surface area contributed by atoms with Crippen LogP contribution in [-0.4, -0.2) is 57.7 Å². The van der Waals surface area contributed by atoms with E-state index in [2.05, 4.69) is 0 Å². The first kappa shape index (κ1) is 24.3. The molecule has 192 valence electrons. The van der Waals surface area contributed by atoms with Gasteiger partial charge in [0.05, 0.1) is 36.6 Å². The maximum Gasteiger partial charge on any atom is 0.267 e. The Hall–Kier alpha value is -4.08. The number of benzene rings is 2. The molecule has 0 spiro atoms. The van der Waals surface area contributed by atoms with Crippen molar-refractivity contribution in [3.05, 3.63) is 95.4 Å². The molecule has 2 aliphatic rings. The number of ether oxygens (including phenoxy) is 1. The van der Waals surface area contributed by atoms with Crippen molar-refractivity contribution in [3.8, 4) is 0 Å². The van der Waals surface area contributed by atoms with Crippen LogP contribution < -0.4 is 0 Å². The summed E-state index contributed by atoms with van der Waals surface area (Å²) < 4.78 is 12.9. The Morgan fingerprint density at radius 1 is 1.00 bits per heavy atom. The number of carbonyl (C=O) groups is 2. The molecule has 2 aliphatic heterocycles. The number of rotatable bonds is 6. The summed E-state index contributed by atoms with van der Waals surface area (Å²) in [6, 6.07) is 21.2. The lowest BCUT2D eigenvalue weighted by atomic mass is 10.1. The van der Waals surface area contributed by atoms with Gasteiger partial charge in [-0.05, 0) is 48.2 Å². The van der Waals surface area contributed by atoms with Crippen molar-refractivity contribution in [2.45, 2.75) is 13.1 Å². The van der Waals surface area contributed by atoms with Crippen LogP contribution in [0.5, 0.6) is 0 Å². The van der Waals surface area contributed by atoms with Crippen molar-refractivity contribution >= 4 is 51.4 Å². The molecule has 0 bridgehead atoms.